The van der Waals surface area contributed by atoms with Crippen molar-refractivity contribution in [1.29, 1.82) is 0 Å². The summed E-state index contributed by atoms with van der Waals surface area (Å²) in [7, 11) is 0. The summed E-state index contributed by atoms with van der Waals surface area (Å²) in [5.41, 5.74) is 4.08. The molecular weight excluding hydrogens is 248 g/mol. The minimum absolute atomic E-state index is 0.230. The van der Waals surface area contributed by atoms with Crippen molar-refractivity contribution >= 4 is 0 Å². The molecule has 1 N–H and O–H groups in total. The lowest BCUT2D eigenvalue weighted by Gasteiger charge is -2.16. The van der Waals surface area contributed by atoms with Gasteiger partial charge in [-0.2, -0.15) is 0 Å². The van der Waals surface area contributed by atoms with Gasteiger partial charge in [0.1, 0.15) is 11.6 Å². The molecule has 0 saturated heterocycles. The van der Waals surface area contributed by atoms with Crippen LogP contribution in [-0.4, -0.2) is 14.8 Å². The normalized spacial score (nSPS) is 15.3. The topological polar surface area (TPSA) is 42.7 Å². The second kappa shape index (κ2) is 5.37. The summed E-state index contributed by atoms with van der Waals surface area (Å²) in [6, 6.07) is 6.68. The first-order valence-electron chi connectivity index (χ1n) is 7.37. The third-order valence-electron chi connectivity index (χ3n) is 4.25. The average molecular weight is 270 g/mol. The Bertz CT molecular complexity index is 595. The SMILES string of the molecule is Cc1cccc(C)c1CNC(C)c1nnc2n1CCC2. The van der Waals surface area contributed by atoms with Gasteiger partial charge in [-0.25, -0.2) is 0 Å². The fourth-order valence-corrected chi connectivity index (χ4v) is 2.97. The minimum Gasteiger partial charge on any atom is -0.314 e. The van der Waals surface area contributed by atoms with Crippen LogP contribution in [0.15, 0.2) is 18.2 Å². The Morgan fingerprint density at radius 3 is 2.75 bits per heavy atom. The van der Waals surface area contributed by atoms with Crippen LogP contribution in [0.25, 0.3) is 0 Å². The molecule has 0 fully saturated rings. The summed E-state index contributed by atoms with van der Waals surface area (Å²) >= 11 is 0. The van der Waals surface area contributed by atoms with E-state index in [0.717, 1.165) is 31.2 Å². The van der Waals surface area contributed by atoms with Crippen molar-refractivity contribution in [2.24, 2.45) is 0 Å². The smallest absolute Gasteiger partial charge is 0.149 e. The molecule has 1 aliphatic heterocycles. The monoisotopic (exact) mass is 270 g/mol. The molecule has 1 unspecified atom stereocenters. The van der Waals surface area contributed by atoms with Crippen molar-refractivity contribution in [3.05, 3.63) is 46.5 Å². The van der Waals surface area contributed by atoms with Gasteiger partial charge in [-0.15, -0.1) is 10.2 Å². The van der Waals surface area contributed by atoms with Crippen molar-refractivity contribution in [2.45, 2.75) is 52.7 Å². The number of aryl methyl sites for hydroxylation is 3. The third-order valence-corrected chi connectivity index (χ3v) is 4.25. The van der Waals surface area contributed by atoms with Gasteiger partial charge < -0.3 is 9.88 Å². The average Bonchev–Trinajstić information content (AvgIpc) is 3.00. The predicted molar refractivity (Wildman–Crippen MR) is 79.5 cm³/mol. The van der Waals surface area contributed by atoms with Gasteiger partial charge in [-0.05, 0) is 43.9 Å². The lowest BCUT2D eigenvalue weighted by molar-refractivity contribution is 0.514. The molecule has 0 saturated carbocycles. The number of hydrogen-bond acceptors (Lipinski definition) is 3. The van der Waals surface area contributed by atoms with Crippen LogP contribution in [0.1, 0.15) is 47.7 Å². The minimum atomic E-state index is 0.230. The molecule has 4 heteroatoms. The molecule has 0 spiro atoms. The van der Waals surface area contributed by atoms with Crippen LogP contribution >= 0.6 is 0 Å². The Kier molecular flexibility index (Phi) is 3.57. The maximum absolute atomic E-state index is 4.35. The molecule has 4 nitrogen and oxygen atoms in total. The van der Waals surface area contributed by atoms with Crippen molar-refractivity contribution < 1.29 is 0 Å². The summed E-state index contributed by atoms with van der Waals surface area (Å²) in [4.78, 5) is 0. The number of nitrogens with zero attached hydrogens (tertiary/aromatic N) is 3. The molecule has 1 aromatic carbocycles. The second-order valence-electron chi connectivity index (χ2n) is 5.70. The van der Waals surface area contributed by atoms with E-state index in [1.165, 1.54) is 23.1 Å². The summed E-state index contributed by atoms with van der Waals surface area (Å²) in [6.07, 6.45) is 2.26. The van der Waals surface area contributed by atoms with E-state index in [1.54, 1.807) is 0 Å². The van der Waals surface area contributed by atoms with Gasteiger partial charge in [0.25, 0.3) is 0 Å². The van der Waals surface area contributed by atoms with E-state index in [2.05, 4.69) is 59.1 Å². The zero-order valence-electron chi connectivity index (χ0n) is 12.5. The number of aromatic nitrogens is 3. The first-order chi connectivity index (χ1) is 9.66. The zero-order chi connectivity index (χ0) is 14.1. The van der Waals surface area contributed by atoms with Gasteiger partial charge in [0.15, 0.2) is 0 Å². The number of benzene rings is 1. The van der Waals surface area contributed by atoms with Crippen molar-refractivity contribution in [3.63, 3.8) is 0 Å². The van der Waals surface area contributed by atoms with Crippen LogP contribution in [0, 0.1) is 13.8 Å². The Balaban J connectivity index is 1.72. The first kappa shape index (κ1) is 13.3. The van der Waals surface area contributed by atoms with E-state index in [-0.39, 0.29) is 6.04 Å². The number of fused-ring (bicyclic) bond motifs is 1. The van der Waals surface area contributed by atoms with Gasteiger partial charge in [0, 0.05) is 19.5 Å². The van der Waals surface area contributed by atoms with Crippen LogP contribution in [0.5, 0.6) is 0 Å². The van der Waals surface area contributed by atoms with Gasteiger partial charge in [0.05, 0.1) is 6.04 Å². The maximum atomic E-state index is 4.35. The van der Waals surface area contributed by atoms with Gasteiger partial charge in [-0.1, -0.05) is 18.2 Å². The van der Waals surface area contributed by atoms with Crippen molar-refractivity contribution in [1.82, 2.24) is 20.1 Å². The molecule has 106 valence electrons. The summed E-state index contributed by atoms with van der Waals surface area (Å²) < 4.78 is 2.27. The highest BCUT2D eigenvalue weighted by Crippen LogP contribution is 2.20. The van der Waals surface area contributed by atoms with Crippen LogP contribution < -0.4 is 5.32 Å². The molecule has 1 aliphatic rings. The van der Waals surface area contributed by atoms with Crippen LogP contribution in [-0.2, 0) is 19.5 Å². The molecule has 1 atom stereocenters. The molecule has 0 radical (unpaired) electrons. The Labute approximate surface area is 120 Å². The molecule has 0 amide bonds. The molecule has 2 aromatic rings. The highest BCUT2D eigenvalue weighted by molar-refractivity contribution is 5.33. The zero-order valence-corrected chi connectivity index (χ0v) is 12.5. The fourth-order valence-electron chi connectivity index (χ4n) is 2.97. The van der Waals surface area contributed by atoms with Crippen LogP contribution in [0.2, 0.25) is 0 Å². The Hall–Kier alpha value is -1.68. The molecule has 2 heterocycles. The number of rotatable bonds is 4. The summed E-state index contributed by atoms with van der Waals surface area (Å²) in [5.74, 6) is 2.21. The quantitative estimate of drug-likeness (QED) is 0.929. The lowest BCUT2D eigenvalue weighted by atomic mass is 10.0. The summed E-state index contributed by atoms with van der Waals surface area (Å²) in [6.45, 7) is 8.45. The molecule has 0 bridgehead atoms. The maximum Gasteiger partial charge on any atom is 0.149 e. The van der Waals surface area contributed by atoms with E-state index in [1.807, 2.05) is 0 Å². The van der Waals surface area contributed by atoms with Crippen LogP contribution in [0.4, 0.5) is 0 Å². The lowest BCUT2D eigenvalue weighted by Crippen LogP contribution is -2.22. The summed E-state index contributed by atoms with van der Waals surface area (Å²) in [5, 5.41) is 12.2. The Morgan fingerprint density at radius 1 is 1.25 bits per heavy atom. The fraction of sp³-hybridized carbons (Fsp3) is 0.500. The van der Waals surface area contributed by atoms with E-state index in [9.17, 15) is 0 Å². The number of nitrogens with one attached hydrogen (secondary N) is 1. The molecular formula is C16H22N4. The van der Waals surface area contributed by atoms with Crippen molar-refractivity contribution in [2.75, 3.05) is 0 Å². The predicted octanol–water partition coefficient (Wildman–Crippen LogP) is 2.69. The molecule has 1 aromatic heterocycles. The van der Waals surface area contributed by atoms with Crippen LogP contribution in [0.3, 0.4) is 0 Å². The van der Waals surface area contributed by atoms with Gasteiger partial charge in [0.2, 0.25) is 0 Å². The molecule has 3 rings (SSSR count). The van der Waals surface area contributed by atoms with E-state index < -0.39 is 0 Å². The largest absolute Gasteiger partial charge is 0.314 e. The molecule has 0 aliphatic carbocycles. The van der Waals surface area contributed by atoms with E-state index >= 15 is 0 Å². The van der Waals surface area contributed by atoms with Gasteiger partial charge in [-0.3, -0.25) is 0 Å². The molecule has 20 heavy (non-hydrogen) atoms. The highest BCUT2D eigenvalue weighted by Gasteiger charge is 2.21. The number of hydrogen-bond donors (Lipinski definition) is 1. The van der Waals surface area contributed by atoms with Gasteiger partial charge >= 0.3 is 0 Å². The second-order valence-corrected chi connectivity index (χ2v) is 5.70. The first-order valence-corrected chi connectivity index (χ1v) is 7.37. The van der Waals surface area contributed by atoms with E-state index in [4.69, 9.17) is 0 Å². The Morgan fingerprint density at radius 2 is 2.00 bits per heavy atom. The third kappa shape index (κ3) is 2.36. The highest BCUT2D eigenvalue weighted by atomic mass is 15.3. The van der Waals surface area contributed by atoms with E-state index in [0.29, 0.717) is 0 Å². The standard InChI is InChI=1S/C16H22N4/c1-11-6-4-7-12(2)14(11)10-17-13(3)16-19-18-15-8-5-9-20(15)16/h4,6-7,13,17H,5,8-10H2,1-3H3. The van der Waals surface area contributed by atoms with Crippen molar-refractivity contribution in [3.8, 4) is 0 Å².